The highest BCUT2D eigenvalue weighted by molar-refractivity contribution is 6.33. The zero-order valence-electron chi connectivity index (χ0n) is 14.8. The Morgan fingerprint density at radius 3 is 3.00 bits per heavy atom. The lowest BCUT2D eigenvalue weighted by Gasteiger charge is -2.17. The number of hydrogen-bond acceptors (Lipinski definition) is 6. The molecule has 0 spiro atoms. The number of amides is 1. The van der Waals surface area contributed by atoms with Crippen molar-refractivity contribution in [2.75, 3.05) is 11.4 Å². The normalized spacial score (nSPS) is 16.7. The fourth-order valence-corrected chi connectivity index (χ4v) is 3.52. The molecule has 0 saturated carbocycles. The Balaban J connectivity index is 1.37. The molecule has 29 heavy (non-hydrogen) atoms. The average molecular weight is 414 g/mol. The molecule has 5 rings (SSSR count). The number of carbonyl (C=O) groups excluding carboxylic acids is 1. The number of benzene rings is 1. The van der Waals surface area contributed by atoms with Crippen LogP contribution in [-0.2, 0) is 4.79 Å². The summed E-state index contributed by atoms with van der Waals surface area (Å²) in [6.07, 6.45) is 1.73. The van der Waals surface area contributed by atoms with Crippen LogP contribution in [0.1, 0.15) is 18.2 Å². The van der Waals surface area contributed by atoms with Gasteiger partial charge in [0, 0.05) is 24.9 Å². The summed E-state index contributed by atoms with van der Waals surface area (Å²) < 4.78 is 24.2. The predicted molar refractivity (Wildman–Crippen MR) is 101 cm³/mol. The summed E-state index contributed by atoms with van der Waals surface area (Å²) in [6, 6.07) is 9.20. The van der Waals surface area contributed by atoms with Gasteiger partial charge in [-0.2, -0.15) is 10.1 Å². The van der Waals surface area contributed by atoms with Gasteiger partial charge in [-0.25, -0.2) is 4.39 Å². The van der Waals surface area contributed by atoms with Crippen LogP contribution >= 0.6 is 11.6 Å². The Labute approximate surface area is 168 Å². The lowest BCUT2D eigenvalue weighted by atomic mass is 10.1. The van der Waals surface area contributed by atoms with Gasteiger partial charge in [-0.05, 0) is 30.3 Å². The molecule has 3 aromatic heterocycles. The first-order valence-corrected chi connectivity index (χ1v) is 9.15. The van der Waals surface area contributed by atoms with Gasteiger partial charge in [0.05, 0.1) is 17.0 Å². The molecule has 8 nitrogen and oxygen atoms in total. The number of nitrogens with zero attached hydrogens (tertiary/aromatic N) is 4. The molecule has 4 heterocycles. The fourth-order valence-electron chi connectivity index (χ4n) is 3.30. The second kappa shape index (κ2) is 6.85. The number of aromatic nitrogens is 4. The van der Waals surface area contributed by atoms with Crippen LogP contribution in [0.2, 0.25) is 5.02 Å². The molecule has 1 saturated heterocycles. The number of halogens is 2. The summed E-state index contributed by atoms with van der Waals surface area (Å²) >= 11 is 6.13. The van der Waals surface area contributed by atoms with Crippen LogP contribution in [0.4, 0.5) is 10.1 Å². The third-order valence-corrected chi connectivity index (χ3v) is 5.03. The third-order valence-electron chi connectivity index (χ3n) is 4.71. The van der Waals surface area contributed by atoms with Crippen molar-refractivity contribution < 1.29 is 18.1 Å². The molecular weight excluding hydrogens is 401 g/mol. The average Bonchev–Trinajstić information content (AvgIpc) is 3.49. The van der Waals surface area contributed by atoms with Crippen molar-refractivity contribution >= 4 is 23.2 Å². The summed E-state index contributed by atoms with van der Waals surface area (Å²) in [7, 11) is 0. The van der Waals surface area contributed by atoms with Gasteiger partial charge in [-0.15, -0.1) is 0 Å². The Bertz CT molecular complexity index is 1190. The Kier molecular flexibility index (Phi) is 4.17. The van der Waals surface area contributed by atoms with Crippen molar-refractivity contribution in [1.82, 2.24) is 20.3 Å². The van der Waals surface area contributed by atoms with E-state index in [2.05, 4.69) is 20.3 Å². The first-order valence-electron chi connectivity index (χ1n) is 8.77. The van der Waals surface area contributed by atoms with E-state index in [1.807, 2.05) is 0 Å². The first kappa shape index (κ1) is 17.6. The molecule has 1 aliphatic heterocycles. The van der Waals surface area contributed by atoms with E-state index in [9.17, 15) is 9.18 Å². The molecular formula is C19H13ClFN5O3. The highest BCUT2D eigenvalue weighted by Gasteiger charge is 2.35. The number of carbonyl (C=O) groups is 1. The van der Waals surface area contributed by atoms with E-state index in [-0.39, 0.29) is 30.7 Å². The number of anilines is 1. The van der Waals surface area contributed by atoms with Crippen molar-refractivity contribution in [3.05, 3.63) is 59.3 Å². The molecule has 1 fully saturated rings. The minimum atomic E-state index is -0.464. The zero-order valence-corrected chi connectivity index (χ0v) is 15.6. The summed E-state index contributed by atoms with van der Waals surface area (Å²) in [5.74, 6) is 0.296. The van der Waals surface area contributed by atoms with Gasteiger partial charge in [0.1, 0.15) is 17.2 Å². The summed E-state index contributed by atoms with van der Waals surface area (Å²) in [6.45, 7) is 0.279. The van der Waals surface area contributed by atoms with Gasteiger partial charge >= 0.3 is 0 Å². The number of hydrogen-bond donors (Lipinski definition) is 1. The van der Waals surface area contributed by atoms with Gasteiger partial charge in [-0.1, -0.05) is 16.8 Å². The molecule has 1 amide bonds. The highest BCUT2D eigenvalue weighted by Crippen LogP contribution is 2.35. The lowest BCUT2D eigenvalue weighted by molar-refractivity contribution is -0.117. The molecule has 1 aliphatic rings. The van der Waals surface area contributed by atoms with Crippen LogP contribution in [0.25, 0.3) is 23.0 Å². The zero-order chi connectivity index (χ0) is 20.0. The van der Waals surface area contributed by atoms with E-state index in [1.165, 1.54) is 23.1 Å². The number of nitrogens with one attached hydrogen (secondary N) is 1. The third kappa shape index (κ3) is 3.19. The fraction of sp³-hybridized carbons (Fsp3) is 0.158. The van der Waals surface area contributed by atoms with E-state index in [0.29, 0.717) is 33.7 Å². The molecule has 0 aliphatic carbocycles. The number of rotatable bonds is 4. The van der Waals surface area contributed by atoms with Gasteiger partial charge in [-0.3, -0.25) is 9.89 Å². The van der Waals surface area contributed by atoms with E-state index in [0.717, 1.165) is 0 Å². The van der Waals surface area contributed by atoms with Gasteiger partial charge in [0.25, 0.3) is 5.89 Å². The van der Waals surface area contributed by atoms with Crippen molar-refractivity contribution in [3.8, 4) is 23.0 Å². The monoisotopic (exact) mass is 413 g/mol. The number of H-pyrrole nitrogens is 1. The number of furan rings is 1. The molecule has 10 heteroatoms. The maximum atomic E-state index is 13.6. The van der Waals surface area contributed by atoms with Gasteiger partial charge in [0.2, 0.25) is 5.91 Å². The smallest absolute Gasteiger partial charge is 0.275 e. The van der Waals surface area contributed by atoms with Crippen LogP contribution in [-0.4, -0.2) is 32.8 Å². The molecule has 0 radical (unpaired) electrons. The molecule has 1 aromatic carbocycles. The Morgan fingerprint density at radius 2 is 2.17 bits per heavy atom. The second-order valence-electron chi connectivity index (χ2n) is 6.60. The van der Waals surface area contributed by atoms with Crippen molar-refractivity contribution in [2.45, 2.75) is 12.3 Å². The van der Waals surface area contributed by atoms with Crippen LogP contribution in [0.3, 0.4) is 0 Å². The van der Waals surface area contributed by atoms with Gasteiger partial charge in [0.15, 0.2) is 11.6 Å². The van der Waals surface area contributed by atoms with Crippen LogP contribution in [0.5, 0.6) is 0 Å². The largest absolute Gasteiger partial charge is 0.463 e. The van der Waals surface area contributed by atoms with Crippen molar-refractivity contribution in [3.63, 3.8) is 0 Å². The molecule has 4 aromatic rings. The standard InChI is InChI=1S/C19H13ClFN5O3/c20-12-4-3-11(21)7-15(12)26-9-10(6-17(26)27)18-22-19(29-25-18)14-8-13(23-24-14)16-2-1-5-28-16/h1-5,7-8,10H,6,9H2,(H,23,24). The molecule has 1 N–H and O–H groups in total. The van der Waals surface area contributed by atoms with Crippen LogP contribution in [0, 0.1) is 5.82 Å². The van der Waals surface area contributed by atoms with Crippen LogP contribution < -0.4 is 4.90 Å². The molecule has 0 bridgehead atoms. The van der Waals surface area contributed by atoms with Crippen LogP contribution in [0.15, 0.2) is 51.6 Å². The maximum Gasteiger partial charge on any atom is 0.275 e. The SMILES string of the molecule is O=C1CC(c2noc(-c3cc(-c4ccco4)n[nH]3)n2)CN1c1cc(F)ccc1Cl. The minimum absolute atomic E-state index is 0.173. The second-order valence-corrected chi connectivity index (χ2v) is 7.01. The van der Waals surface area contributed by atoms with E-state index in [4.69, 9.17) is 20.5 Å². The summed E-state index contributed by atoms with van der Waals surface area (Å²) in [5, 5.41) is 11.3. The minimum Gasteiger partial charge on any atom is -0.463 e. The van der Waals surface area contributed by atoms with Crippen molar-refractivity contribution in [1.29, 1.82) is 0 Å². The summed E-state index contributed by atoms with van der Waals surface area (Å²) in [5.41, 5.74) is 1.47. The maximum absolute atomic E-state index is 13.6. The van der Waals surface area contributed by atoms with E-state index in [1.54, 1.807) is 24.5 Å². The molecule has 146 valence electrons. The quantitative estimate of drug-likeness (QED) is 0.542. The van der Waals surface area contributed by atoms with E-state index < -0.39 is 5.82 Å². The predicted octanol–water partition coefficient (Wildman–Crippen LogP) is 4.03. The summed E-state index contributed by atoms with van der Waals surface area (Å²) in [4.78, 5) is 18.3. The first-order chi connectivity index (χ1) is 14.1. The van der Waals surface area contributed by atoms with Gasteiger partial charge < -0.3 is 13.8 Å². The lowest BCUT2D eigenvalue weighted by Crippen LogP contribution is -2.24. The van der Waals surface area contributed by atoms with E-state index >= 15 is 0 Å². The topological polar surface area (TPSA) is 101 Å². The molecule has 1 unspecified atom stereocenters. The number of aromatic amines is 1. The van der Waals surface area contributed by atoms with Crippen molar-refractivity contribution in [2.24, 2.45) is 0 Å². The molecule has 1 atom stereocenters. The Hall–Kier alpha value is -3.46. The Morgan fingerprint density at radius 1 is 1.28 bits per heavy atom. The highest BCUT2D eigenvalue weighted by atomic mass is 35.5.